The molecule has 1 saturated carbocycles. The van der Waals surface area contributed by atoms with E-state index in [1.165, 1.54) is 39.0 Å². The molecule has 1 aliphatic rings. The van der Waals surface area contributed by atoms with Crippen LogP contribution in [-0.2, 0) is 6.42 Å². The Bertz CT molecular complexity index is 1070. The molecule has 0 saturated heterocycles. The first-order chi connectivity index (χ1) is 16.6. The highest BCUT2D eigenvalue weighted by Crippen LogP contribution is 2.29. The van der Waals surface area contributed by atoms with Gasteiger partial charge in [-0.3, -0.25) is 0 Å². The van der Waals surface area contributed by atoms with Gasteiger partial charge in [0.2, 0.25) is 0 Å². The first kappa shape index (κ1) is 28.5. The fourth-order valence-corrected chi connectivity index (χ4v) is 4.18. The predicted molar refractivity (Wildman–Crippen MR) is 136 cm³/mol. The Morgan fingerprint density at radius 2 is 1.46 bits per heavy atom. The highest BCUT2D eigenvalue weighted by molar-refractivity contribution is 5.89. The highest BCUT2D eigenvalue weighted by Gasteiger charge is 2.17. The van der Waals surface area contributed by atoms with Crippen molar-refractivity contribution in [2.24, 2.45) is 11.8 Å². The van der Waals surface area contributed by atoms with Gasteiger partial charge in [0.1, 0.15) is 11.6 Å². The van der Waals surface area contributed by atoms with Gasteiger partial charge in [0, 0.05) is 31.1 Å². The molecule has 0 aliphatic heterocycles. The Kier molecular flexibility index (Phi) is 10.9. The normalized spacial score (nSPS) is 17.2. The number of aromatic nitrogens is 2. The van der Waals surface area contributed by atoms with Crippen molar-refractivity contribution in [1.29, 1.82) is 0 Å². The van der Waals surface area contributed by atoms with E-state index in [4.69, 9.17) is 0 Å². The molecule has 3 nitrogen and oxygen atoms in total. The first-order valence-electron chi connectivity index (χ1n) is 12.3. The van der Waals surface area contributed by atoms with Crippen LogP contribution in [0, 0.1) is 42.0 Å². The van der Waals surface area contributed by atoms with Crippen molar-refractivity contribution in [3.05, 3.63) is 65.0 Å². The van der Waals surface area contributed by atoms with Crippen LogP contribution in [-0.4, -0.2) is 24.1 Å². The van der Waals surface area contributed by atoms with Gasteiger partial charge >= 0.3 is 0 Å². The van der Waals surface area contributed by atoms with E-state index in [1.54, 1.807) is 0 Å². The lowest BCUT2D eigenvalue weighted by atomic mass is 9.82. The van der Waals surface area contributed by atoms with Crippen molar-refractivity contribution >= 4 is 16.7 Å². The quantitative estimate of drug-likeness (QED) is 0.274. The third kappa shape index (κ3) is 7.91. The van der Waals surface area contributed by atoms with E-state index in [0.29, 0.717) is 0 Å². The zero-order chi connectivity index (χ0) is 26.1. The fourth-order valence-electron chi connectivity index (χ4n) is 4.18. The molecule has 35 heavy (non-hydrogen) atoms. The summed E-state index contributed by atoms with van der Waals surface area (Å²) >= 11 is 0. The van der Waals surface area contributed by atoms with E-state index in [9.17, 15) is 17.6 Å². The zero-order valence-electron chi connectivity index (χ0n) is 21.6. The minimum absolute atomic E-state index is 0.0770. The third-order valence-corrected chi connectivity index (χ3v) is 6.39. The van der Waals surface area contributed by atoms with Gasteiger partial charge in [-0.1, -0.05) is 65.0 Å². The molecule has 0 radical (unpaired) electrons. The summed E-state index contributed by atoms with van der Waals surface area (Å²) in [5.74, 6) is -1.45. The number of para-hydroxylation sites is 1. The third-order valence-electron chi connectivity index (χ3n) is 6.39. The molecule has 2 aromatic carbocycles. The number of halogens is 4. The maximum atomic E-state index is 12.7. The van der Waals surface area contributed by atoms with Gasteiger partial charge in [-0.05, 0) is 37.3 Å². The van der Waals surface area contributed by atoms with Crippen LogP contribution < -0.4 is 4.90 Å². The first-order valence-corrected chi connectivity index (χ1v) is 12.3. The largest absolute Gasteiger partial charge is 0.362 e. The monoisotopic (exact) mass is 491 g/mol. The van der Waals surface area contributed by atoms with Crippen LogP contribution in [0.5, 0.6) is 0 Å². The summed E-state index contributed by atoms with van der Waals surface area (Å²) in [5, 5.41) is 1.10. The Morgan fingerprint density at radius 3 is 1.97 bits per heavy atom. The molecular weight excluding hydrogens is 454 g/mol. The number of hydrogen-bond acceptors (Lipinski definition) is 3. The van der Waals surface area contributed by atoms with E-state index >= 15 is 0 Å². The SMILES string of the molecule is CCC1CCC(C)CC1.CCc1c(F)c(F)cc(F)c1F.Cc1nc(N(C)C)c2ccccc2n1. The van der Waals surface area contributed by atoms with Crippen LogP contribution in [0.3, 0.4) is 0 Å². The van der Waals surface area contributed by atoms with Crippen LogP contribution >= 0.6 is 0 Å². The molecule has 4 rings (SSSR count). The van der Waals surface area contributed by atoms with E-state index in [-0.39, 0.29) is 12.5 Å². The standard InChI is InChI=1S/C11H13N3.C9H18.C8H6F4/c1-8-12-10-7-5-4-6-9(10)11(13-8)14(2)3;1-3-9-6-4-8(2)5-7-9;1-2-4-7(11)5(9)3-6(10)8(4)12/h4-7H,1-3H3;8-9H,3-7H2,1-2H3;3H,2H2,1H3. The number of anilines is 1. The van der Waals surface area contributed by atoms with Crippen molar-refractivity contribution in [2.75, 3.05) is 19.0 Å². The Balaban J connectivity index is 0.000000190. The molecule has 0 atom stereocenters. The molecule has 1 aromatic heterocycles. The molecule has 192 valence electrons. The molecule has 0 N–H and O–H groups in total. The van der Waals surface area contributed by atoms with Gasteiger partial charge in [0.15, 0.2) is 23.3 Å². The highest BCUT2D eigenvalue weighted by atomic mass is 19.2. The van der Waals surface area contributed by atoms with Crippen LogP contribution in [0.4, 0.5) is 23.4 Å². The van der Waals surface area contributed by atoms with Crippen LogP contribution in [0.15, 0.2) is 30.3 Å². The zero-order valence-corrected chi connectivity index (χ0v) is 21.6. The average Bonchev–Trinajstić information content (AvgIpc) is 2.84. The van der Waals surface area contributed by atoms with Crippen LogP contribution in [0.2, 0.25) is 0 Å². The molecule has 1 heterocycles. The smallest absolute Gasteiger partial charge is 0.165 e. The summed E-state index contributed by atoms with van der Waals surface area (Å²) in [5.41, 5.74) is 0.455. The Hall–Kier alpha value is -2.70. The second kappa shape index (κ2) is 13.4. The van der Waals surface area contributed by atoms with Gasteiger partial charge in [-0.15, -0.1) is 0 Å². The van der Waals surface area contributed by atoms with Crippen molar-refractivity contribution in [1.82, 2.24) is 9.97 Å². The molecule has 0 spiro atoms. The minimum atomic E-state index is -1.36. The van der Waals surface area contributed by atoms with E-state index in [0.717, 1.165) is 34.4 Å². The lowest BCUT2D eigenvalue weighted by Gasteiger charge is -2.24. The molecule has 0 bridgehead atoms. The van der Waals surface area contributed by atoms with Crippen molar-refractivity contribution in [2.45, 2.75) is 66.2 Å². The molecule has 1 fully saturated rings. The topological polar surface area (TPSA) is 29.0 Å². The number of benzene rings is 2. The van der Waals surface area contributed by atoms with Gasteiger partial charge in [-0.2, -0.15) is 0 Å². The molecule has 1 aliphatic carbocycles. The van der Waals surface area contributed by atoms with E-state index in [1.807, 2.05) is 50.2 Å². The molecular formula is C28H37F4N3. The van der Waals surface area contributed by atoms with Crippen LogP contribution in [0.25, 0.3) is 10.9 Å². The predicted octanol–water partition coefficient (Wildman–Crippen LogP) is 8.03. The van der Waals surface area contributed by atoms with Gasteiger partial charge in [0.25, 0.3) is 0 Å². The number of hydrogen-bond donors (Lipinski definition) is 0. The number of aryl methyl sites for hydroxylation is 1. The van der Waals surface area contributed by atoms with Gasteiger partial charge < -0.3 is 4.90 Å². The van der Waals surface area contributed by atoms with Gasteiger partial charge in [-0.25, -0.2) is 27.5 Å². The lowest BCUT2D eigenvalue weighted by Crippen LogP contribution is -2.12. The van der Waals surface area contributed by atoms with E-state index in [2.05, 4.69) is 23.8 Å². The average molecular weight is 492 g/mol. The van der Waals surface area contributed by atoms with Crippen LogP contribution in [0.1, 0.15) is 64.3 Å². The van der Waals surface area contributed by atoms with Crippen molar-refractivity contribution < 1.29 is 17.6 Å². The molecule has 3 aromatic rings. The molecule has 0 amide bonds. The summed E-state index contributed by atoms with van der Waals surface area (Å²) in [6, 6.07) is 8.26. The molecule has 7 heteroatoms. The lowest BCUT2D eigenvalue weighted by molar-refractivity contribution is 0.284. The second-order valence-electron chi connectivity index (χ2n) is 9.34. The number of fused-ring (bicyclic) bond motifs is 1. The minimum Gasteiger partial charge on any atom is -0.362 e. The van der Waals surface area contributed by atoms with Crippen molar-refractivity contribution in [3.63, 3.8) is 0 Å². The number of nitrogens with zero attached hydrogens (tertiary/aromatic N) is 3. The molecule has 0 unspecified atom stereocenters. The Morgan fingerprint density at radius 1 is 0.886 bits per heavy atom. The summed E-state index contributed by atoms with van der Waals surface area (Å²) in [6.45, 7) is 8.03. The van der Waals surface area contributed by atoms with Crippen molar-refractivity contribution in [3.8, 4) is 0 Å². The second-order valence-corrected chi connectivity index (χ2v) is 9.34. The van der Waals surface area contributed by atoms with E-state index < -0.39 is 28.8 Å². The summed E-state index contributed by atoms with van der Waals surface area (Å²) in [4.78, 5) is 10.8. The number of rotatable bonds is 3. The summed E-state index contributed by atoms with van der Waals surface area (Å²) in [7, 11) is 3.99. The Labute approximate surface area is 206 Å². The van der Waals surface area contributed by atoms with Gasteiger partial charge in [0.05, 0.1) is 5.52 Å². The summed E-state index contributed by atoms with van der Waals surface area (Å²) in [6.07, 6.45) is 7.30. The summed E-state index contributed by atoms with van der Waals surface area (Å²) < 4.78 is 50.2. The maximum absolute atomic E-state index is 12.7. The fraction of sp³-hybridized carbons (Fsp3) is 0.500. The maximum Gasteiger partial charge on any atom is 0.165 e.